The lowest BCUT2D eigenvalue weighted by atomic mass is 10.1. The second-order valence-corrected chi connectivity index (χ2v) is 6.52. The minimum Gasteiger partial charge on any atom is -0.457 e. The molecule has 1 aromatic heterocycles. The first-order valence-corrected chi connectivity index (χ1v) is 8.86. The van der Waals surface area contributed by atoms with Gasteiger partial charge in [-0.3, -0.25) is 4.79 Å². The number of fused-ring (bicyclic) bond motifs is 1. The van der Waals surface area contributed by atoms with Gasteiger partial charge in [-0.2, -0.15) is 0 Å². The number of rotatable bonds is 5. The van der Waals surface area contributed by atoms with Crippen LogP contribution in [0.1, 0.15) is 21.5 Å². The Morgan fingerprint density at radius 3 is 2.37 bits per heavy atom. The molecule has 134 valence electrons. The average molecular weight is 356 g/mol. The lowest BCUT2D eigenvalue weighted by Gasteiger charge is -2.08. The largest absolute Gasteiger partial charge is 0.457 e. The van der Waals surface area contributed by atoms with Crippen molar-refractivity contribution < 1.29 is 9.53 Å². The summed E-state index contributed by atoms with van der Waals surface area (Å²) in [4.78, 5) is 15.5. The molecule has 0 fully saturated rings. The van der Waals surface area contributed by atoms with Crippen LogP contribution in [0.25, 0.3) is 10.9 Å². The second kappa shape index (κ2) is 7.38. The number of carbonyl (C=O) groups excluding carboxylic acids is 1. The monoisotopic (exact) mass is 356 g/mol. The lowest BCUT2D eigenvalue weighted by molar-refractivity contribution is 0.0951. The second-order valence-electron chi connectivity index (χ2n) is 6.52. The Kier molecular flexibility index (Phi) is 4.62. The zero-order valence-electron chi connectivity index (χ0n) is 15.0. The zero-order chi connectivity index (χ0) is 18.6. The SMILES string of the molecule is Cc1ccc(Oc2ccc(C(=O)NCc3ccc4[nH]ccc4c3)cc2)cc1. The number of H-pyrrole nitrogens is 1. The molecule has 4 rings (SSSR count). The molecule has 0 aliphatic rings. The van der Waals surface area contributed by atoms with Crippen molar-refractivity contribution in [2.24, 2.45) is 0 Å². The number of aromatic nitrogens is 1. The van der Waals surface area contributed by atoms with E-state index in [1.165, 1.54) is 5.56 Å². The molecule has 2 N–H and O–H groups in total. The van der Waals surface area contributed by atoms with Crippen molar-refractivity contribution in [1.82, 2.24) is 10.3 Å². The Hall–Kier alpha value is -3.53. The third-order valence-electron chi connectivity index (χ3n) is 4.44. The highest BCUT2D eigenvalue weighted by atomic mass is 16.5. The van der Waals surface area contributed by atoms with Crippen LogP contribution >= 0.6 is 0 Å². The first kappa shape index (κ1) is 16.9. The maximum Gasteiger partial charge on any atom is 0.251 e. The predicted molar refractivity (Wildman–Crippen MR) is 107 cm³/mol. The van der Waals surface area contributed by atoms with E-state index in [0.717, 1.165) is 22.2 Å². The molecule has 27 heavy (non-hydrogen) atoms. The topological polar surface area (TPSA) is 54.1 Å². The molecule has 1 heterocycles. The van der Waals surface area contributed by atoms with Crippen LogP contribution in [0.3, 0.4) is 0 Å². The van der Waals surface area contributed by atoms with E-state index in [4.69, 9.17) is 4.74 Å². The number of hydrogen-bond acceptors (Lipinski definition) is 2. The Labute approximate surface area is 157 Å². The van der Waals surface area contributed by atoms with Gasteiger partial charge in [0.1, 0.15) is 11.5 Å². The summed E-state index contributed by atoms with van der Waals surface area (Å²) in [5.74, 6) is 1.37. The van der Waals surface area contributed by atoms with Crippen LogP contribution in [0, 0.1) is 6.92 Å². The van der Waals surface area contributed by atoms with E-state index in [0.29, 0.717) is 17.9 Å². The van der Waals surface area contributed by atoms with E-state index >= 15 is 0 Å². The fourth-order valence-corrected chi connectivity index (χ4v) is 2.91. The maximum absolute atomic E-state index is 12.4. The number of benzene rings is 3. The molecule has 0 saturated heterocycles. The molecule has 0 bridgehead atoms. The summed E-state index contributed by atoms with van der Waals surface area (Å²) in [5.41, 5.74) is 3.95. The van der Waals surface area contributed by atoms with E-state index in [-0.39, 0.29) is 5.91 Å². The molecule has 0 spiro atoms. The van der Waals surface area contributed by atoms with Gasteiger partial charge in [-0.15, -0.1) is 0 Å². The van der Waals surface area contributed by atoms with Gasteiger partial charge in [0.15, 0.2) is 0 Å². The Morgan fingerprint density at radius 2 is 1.63 bits per heavy atom. The lowest BCUT2D eigenvalue weighted by Crippen LogP contribution is -2.22. The molecule has 3 aromatic carbocycles. The van der Waals surface area contributed by atoms with Crippen LogP contribution in [-0.4, -0.2) is 10.9 Å². The van der Waals surface area contributed by atoms with E-state index < -0.39 is 0 Å². The molecule has 1 amide bonds. The Morgan fingerprint density at radius 1 is 0.926 bits per heavy atom. The normalized spacial score (nSPS) is 10.7. The average Bonchev–Trinajstić information content (AvgIpc) is 3.16. The van der Waals surface area contributed by atoms with Crippen LogP contribution in [0.15, 0.2) is 79.0 Å². The standard InChI is InChI=1S/C23H20N2O2/c1-16-2-7-20(8-3-16)27-21-9-5-18(6-10-21)23(26)25-15-17-4-11-22-19(14-17)12-13-24-22/h2-14,24H,15H2,1H3,(H,25,26). The van der Waals surface area contributed by atoms with Gasteiger partial charge in [-0.05, 0) is 72.5 Å². The maximum atomic E-state index is 12.4. The third kappa shape index (κ3) is 4.01. The van der Waals surface area contributed by atoms with Gasteiger partial charge >= 0.3 is 0 Å². The van der Waals surface area contributed by atoms with Crippen LogP contribution < -0.4 is 10.1 Å². The van der Waals surface area contributed by atoms with Crippen molar-refractivity contribution >= 4 is 16.8 Å². The highest BCUT2D eigenvalue weighted by Gasteiger charge is 2.06. The van der Waals surface area contributed by atoms with Gasteiger partial charge in [0.25, 0.3) is 5.91 Å². The number of amides is 1. The zero-order valence-corrected chi connectivity index (χ0v) is 15.0. The summed E-state index contributed by atoms with van der Waals surface area (Å²) in [6, 6.07) is 23.1. The number of ether oxygens (including phenoxy) is 1. The predicted octanol–water partition coefficient (Wildman–Crippen LogP) is 5.20. The minimum atomic E-state index is -0.106. The molecule has 0 saturated carbocycles. The first-order valence-electron chi connectivity index (χ1n) is 8.86. The van der Waals surface area contributed by atoms with E-state index in [1.807, 2.05) is 55.6 Å². The highest BCUT2D eigenvalue weighted by molar-refractivity contribution is 5.94. The molecule has 0 atom stereocenters. The molecular weight excluding hydrogens is 336 g/mol. The number of aryl methyl sites for hydroxylation is 1. The molecule has 4 heteroatoms. The molecule has 0 unspecified atom stereocenters. The van der Waals surface area contributed by atoms with Crippen LogP contribution in [0.2, 0.25) is 0 Å². The minimum absolute atomic E-state index is 0.106. The Bertz CT molecular complexity index is 1060. The van der Waals surface area contributed by atoms with Crippen LogP contribution in [0.4, 0.5) is 0 Å². The summed E-state index contributed by atoms with van der Waals surface area (Å²) in [5, 5.41) is 4.10. The van der Waals surface area contributed by atoms with Crippen molar-refractivity contribution in [3.05, 3.63) is 95.7 Å². The number of nitrogens with one attached hydrogen (secondary N) is 2. The van der Waals surface area contributed by atoms with E-state index in [2.05, 4.69) is 16.4 Å². The van der Waals surface area contributed by atoms with Crippen molar-refractivity contribution in [2.45, 2.75) is 13.5 Å². The van der Waals surface area contributed by atoms with Crippen molar-refractivity contribution in [3.8, 4) is 11.5 Å². The molecular formula is C23H20N2O2. The molecule has 0 aliphatic carbocycles. The molecule has 4 aromatic rings. The summed E-state index contributed by atoms with van der Waals surface area (Å²) < 4.78 is 5.80. The van der Waals surface area contributed by atoms with E-state index in [9.17, 15) is 4.79 Å². The Balaban J connectivity index is 1.37. The number of aromatic amines is 1. The van der Waals surface area contributed by atoms with Gasteiger partial charge in [-0.25, -0.2) is 0 Å². The number of carbonyl (C=O) groups is 1. The van der Waals surface area contributed by atoms with E-state index in [1.54, 1.807) is 24.3 Å². The fourth-order valence-electron chi connectivity index (χ4n) is 2.91. The fraction of sp³-hybridized carbons (Fsp3) is 0.0870. The molecule has 0 radical (unpaired) electrons. The third-order valence-corrected chi connectivity index (χ3v) is 4.44. The van der Waals surface area contributed by atoms with Crippen molar-refractivity contribution in [1.29, 1.82) is 0 Å². The quantitative estimate of drug-likeness (QED) is 0.516. The van der Waals surface area contributed by atoms with Gasteiger partial charge < -0.3 is 15.0 Å². The van der Waals surface area contributed by atoms with Gasteiger partial charge in [0.2, 0.25) is 0 Å². The number of hydrogen-bond donors (Lipinski definition) is 2. The van der Waals surface area contributed by atoms with Gasteiger partial charge in [-0.1, -0.05) is 23.8 Å². The van der Waals surface area contributed by atoms with Gasteiger partial charge in [0.05, 0.1) is 0 Å². The van der Waals surface area contributed by atoms with Gasteiger partial charge in [0, 0.05) is 23.8 Å². The van der Waals surface area contributed by atoms with Crippen LogP contribution in [-0.2, 0) is 6.54 Å². The summed E-state index contributed by atoms with van der Waals surface area (Å²) in [7, 11) is 0. The van der Waals surface area contributed by atoms with Crippen molar-refractivity contribution in [2.75, 3.05) is 0 Å². The highest BCUT2D eigenvalue weighted by Crippen LogP contribution is 2.22. The first-order chi connectivity index (χ1) is 13.2. The summed E-state index contributed by atoms with van der Waals surface area (Å²) in [6.45, 7) is 2.52. The molecule has 4 nitrogen and oxygen atoms in total. The summed E-state index contributed by atoms with van der Waals surface area (Å²) >= 11 is 0. The molecule has 0 aliphatic heterocycles. The van der Waals surface area contributed by atoms with Crippen LogP contribution in [0.5, 0.6) is 11.5 Å². The van der Waals surface area contributed by atoms with Crippen molar-refractivity contribution in [3.63, 3.8) is 0 Å². The summed E-state index contributed by atoms with van der Waals surface area (Å²) in [6.07, 6.45) is 1.91. The smallest absolute Gasteiger partial charge is 0.251 e.